The molecule has 0 aliphatic rings. The van der Waals surface area contributed by atoms with Gasteiger partial charge in [0.25, 0.3) is 0 Å². The number of hydrogen-bond acceptors (Lipinski definition) is 2. The minimum Gasteiger partial charge on any atom is -0.207 e. The second kappa shape index (κ2) is 7.20. The molecule has 0 aliphatic heterocycles. The fourth-order valence-corrected chi connectivity index (χ4v) is 3.47. The first kappa shape index (κ1) is 16.2. The molecule has 0 saturated heterocycles. The maximum absolute atomic E-state index is 12.3. The van der Waals surface area contributed by atoms with Crippen molar-refractivity contribution in [1.82, 2.24) is 4.72 Å². The van der Waals surface area contributed by atoms with Gasteiger partial charge in [-0.2, -0.15) is 0 Å². The summed E-state index contributed by atoms with van der Waals surface area (Å²) in [5.41, 5.74) is 3.18. The first-order valence-corrected chi connectivity index (χ1v) is 9.32. The number of alkyl halides is 1. The lowest BCUT2D eigenvalue weighted by atomic mass is 10.1. The zero-order valence-corrected chi connectivity index (χ0v) is 14.2. The molecule has 0 aliphatic carbocycles. The largest absolute Gasteiger partial charge is 0.240 e. The molecule has 0 bridgehead atoms. The van der Waals surface area contributed by atoms with E-state index in [9.17, 15) is 8.42 Å². The van der Waals surface area contributed by atoms with Crippen LogP contribution in [0.1, 0.15) is 16.7 Å². The van der Waals surface area contributed by atoms with Gasteiger partial charge in [0.15, 0.2) is 0 Å². The normalized spacial score (nSPS) is 11.5. The van der Waals surface area contributed by atoms with Gasteiger partial charge in [-0.1, -0.05) is 52.3 Å². The molecule has 0 radical (unpaired) electrons. The van der Waals surface area contributed by atoms with E-state index >= 15 is 0 Å². The summed E-state index contributed by atoms with van der Waals surface area (Å²) in [6.45, 7) is 2.27. The SMILES string of the molecule is Cc1ccccc1CNS(=O)(=O)c1ccc(CCBr)cc1. The van der Waals surface area contributed by atoms with Gasteiger partial charge in [0.1, 0.15) is 0 Å². The molecular weight excluding hydrogens is 350 g/mol. The van der Waals surface area contributed by atoms with Crippen LogP contribution in [0.25, 0.3) is 0 Å². The summed E-state index contributed by atoms with van der Waals surface area (Å²) in [6, 6.07) is 14.8. The molecule has 2 rings (SSSR count). The molecule has 0 amide bonds. The Morgan fingerprint density at radius 2 is 1.71 bits per heavy atom. The van der Waals surface area contributed by atoms with Crippen molar-refractivity contribution in [2.75, 3.05) is 5.33 Å². The molecule has 0 unspecified atom stereocenters. The highest BCUT2D eigenvalue weighted by Gasteiger charge is 2.13. The summed E-state index contributed by atoms with van der Waals surface area (Å²) in [5, 5.41) is 0.866. The van der Waals surface area contributed by atoms with Crippen molar-refractivity contribution in [3.05, 3.63) is 65.2 Å². The maximum Gasteiger partial charge on any atom is 0.240 e. The van der Waals surface area contributed by atoms with E-state index in [1.807, 2.05) is 43.3 Å². The lowest BCUT2D eigenvalue weighted by Gasteiger charge is -2.09. The molecular formula is C16H18BrNO2S. The van der Waals surface area contributed by atoms with Gasteiger partial charge in [-0.05, 0) is 42.2 Å². The number of aryl methyl sites for hydroxylation is 2. The molecule has 21 heavy (non-hydrogen) atoms. The molecule has 2 aromatic rings. The number of sulfonamides is 1. The van der Waals surface area contributed by atoms with Crippen molar-refractivity contribution < 1.29 is 8.42 Å². The van der Waals surface area contributed by atoms with E-state index in [0.717, 1.165) is 28.4 Å². The zero-order valence-electron chi connectivity index (χ0n) is 11.8. The Morgan fingerprint density at radius 3 is 2.33 bits per heavy atom. The van der Waals surface area contributed by atoms with Gasteiger partial charge in [-0.25, -0.2) is 13.1 Å². The van der Waals surface area contributed by atoms with Crippen LogP contribution < -0.4 is 4.72 Å². The summed E-state index contributed by atoms with van der Waals surface area (Å²) in [7, 11) is -3.47. The Kier molecular flexibility index (Phi) is 5.56. The molecule has 0 aromatic heterocycles. The minimum atomic E-state index is -3.47. The smallest absolute Gasteiger partial charge is 0.207 e. The van der Waals surface area contributed by atoms with Crippen LogP contribution in [0.3, 0.4) is 0 Å². The molecule has 112 valence electrons. The number of rotatable bonds is 6. The van der Waals surface area contributed by atoms with Crippen LogP contribution in [0.15, 0.2) is 53.4 Å². The average Bonchev–Trinajstić information content (AvgIpc) is 2.47. The third-order valence-electron chi connectivity index (χ3n) is 3.33. The molecule has 1 N–H and O–H groups in total. The van der Waals surface area contributed by atoms with Gasteiger partial charge in [-0.3, -0.25) is 0 Å². The summed E-state index contributed by atoms with van der Waals surface area (Å²) in [4.78, 5) is 0.300. The van der Waals surface area contributed by atoms with Gasteiger partial charge in [0, 0.05) is 11.9 Å². The fraction of sp³-hybridized carbons (Fsp3) is 0.250. The highest BCUT2D eigenvalue weighted by Crippen LogP contribution is 2.13. The van der Waals surface area contributed by atoms with E-state index in [1.54, 1.807) is 12.1 Å². The standard InChI is InChI=1S/C16H18BrNO2S/c1-13-4-2-3-5-15(13)12-18-21(19,20)16-8-6-14(7-9-16)10-11-17/h2-9,18H,10-12H2,1H3. The van der Waals surface area contributed by atoms with Gasteiger partial charge < -0.3 is 0 Å². The predicted octanol–water partition coefficient (Wildman–Crippen LogP) is 3.41. The highest BCUT2D eigenvalue weighted by atomic mass is 79.9. The molecule has 3 nitrogen and oxygen atoms in total. The quantitative estimate of drug-likeness (QED) is 0.795. The molecule has 2 aromatic carbocycles. The van der Waals surface area contributed by atoms with E-state index in [0.29, 0.717) is 11.4 Å². The van der Waals surface area contributed by atoms with E-state index in [1.165, 1.54) is 0 Å². The Morgan fingerprint density at radius 1 is 1.05 bits per heavy atom. The van der Waals surface area contributed by atoms with E-state index in [2.05, 4.69) is 20.7 Å². The van der Waals surface area contributed by atoms with Gasteiger partial charge in [-0.15, -0.1) is 0 Å². The van der Waals surface area contributed by atoms with Crippen LogP contribution in [0.4, 0.5) is 0 Å². The predicted molar refractivity (Wildman–Crippen MR) is 89.1 cm³/mol. The van der Waals surface area contributed by atoms with Gasteiger partial charge in [0.2, 0.25) is 10.0 Å². The van der Waals surface area contributed by atoms with Crippen molar-refractivity contribution >= 4 is 26.0 Å². The second-order valence-corrected chi connectivity index (χ2v) is 7.39. The Labute approximate surface area is 134 Å². The van der Waals surface area contributed by atoms with E-state index in [-0.39, 0.29) is 0 Å². The highest BCUT2D eigenvalue weighted by molar-refractivity contribution is 9.09. The van der Waals surface area contributed by atoms with Crippen LogP contribution in [-0.4, -0.2) is 13.7 Å². The number of hydrogen-bond donors (Lipinski definition) is 1. The average molecular weight is 368 g/mol. The van der Waals surface area contributed by atoms with Crippen LogP contribution in [-0.2, 0) is 23.0 Å². The van der Waals surface area contributed by atoms with Gasteiger partial charge in [0.05, 0.1) is 4.90 Å². The molecule has 0 atom stereocenters. The second-order valence-electron chi connectivity index (χ2n) is 4.83. The summed E-state index contributed by atoms with van der Waals surface area (Å²) < 4.78 is 27.2. The summed E-state index contributed by atoms with van der Waals surface area (Å²) >= 11 is 3.37. The summed E-state index contributed by atoms with van der Waals surface area (Å²) in [6.07, 6.45) is 0.886. The Hall–Kier alpha value is -1.17. The zero-order chi connectivity index (χ0) is 15.3. The lowest BCUT2D eigenvalue weighted by Crippen LogP contribution is -2.23. The third kappa shape index (κ3) is 4.40. The van der Waals surface area contributed by atoms with E-state index in [4.69, 9.17) is 0 Å². The van der Waals surface area contributed by atoms with Crippen molar-refractivity contribution in [2.45, 2.75) is 24.8 Å². The van der Waals surface area contributed by atoms with Crippen molar-refractivity contribution in [3.8, 4) is 0 Å². The van der Waals surface area contributed by atoms with Crippen LogP contribution in [0, 0.1) is 6.92 Å². The fourth-order valence-electron chi connectivity index (χ4n) is 2.01. The van der Waals surface area contributed by atoms with Crippen LogP contribution in [0.5, 0.6) is 0 Å². The Bertz CT molecular complexity index is 696. The van der Waals surface area contributed by atoms with E-state index < -0.39 is 10.0 Å². The minimum absolute atomic E-state index is 0.300. The molecule has 5 heteroatoms. The molecule has 0 fully saturated rings. The van der Waals surface area contributed by atoms with Crippen LogP contribution >= 0.6 is 15.9 Å². The van der Waals surface area contributed by atoms with Crippen molar-refractivity contribution in [3.63, 3.8) is 0 Å². The van der Waals surface area contributed by atoms with Crippen molar-refractivity contribution in [1.29, 1.82) is 0 Å². The van der Waals surface area contributed by atoms with Gasteiger partial charge >= 0.3 is 0 Å². The molecule has 0 spiro atoms. The lowest BCUT2D eigenvalue weighted by molar-refractivity contribution is 0.581. The Balaban J connectivity index is 2.09. The number of benzene rings is 2. The number of nitrogens with one attached hydrogen (secondary N) is 1. The van der Waals surface area contributed by atoms with Crippen molar-refractivity contribution in [2.24, 2.45) is 0 Å². The monoisotopic (exact) mass is 367 g/mol. The first-order chi connectivity index (χ1) is 10.0. The topological polar surface area (TPSA) is 46.2 Å². The molecule has 0 heterocycles. The summed E-state index contributed by atoms with van der Waals surface area (Å²) in [5.74, 6) is 0. The first-order valence-electron chi connectivity index (χ1n) is 6.72. The third-order valence-corrected chi connectivity index (χ3v) is 5.14. The number of halogens is 1. The molecule has 0 saturated carbocycles. The van der Waals surface area contributed by atoms with Crippen LogP contribution in [0.2, 0.25) is 0 Å². The maximum atomic E-state index is 12.3.